The molecule has 34 heavy (non-hydrogen) atoms. The van der Waals surface area contributed by atoms with Crippen molar-refractivity contribution in [1.82, 2.24) is 0 Å². The molecule has 2 bridgehead atoms. The van der Waals surface area contributed by atoms with Gasteiger partial charge in [-0.05, 0) is 69.8 Å². The summed E-state index contributed by atoms with van der Waals surface area (Å²) in [5, 5.41) is 12.4. The Hall–Kier alpha value is -3.58. The molecule has 0 heterocycles. The smallest absolute Gasteiger partial charge is 0.161 e. The molecule has 0 aliphatic heterocycles. The van der Waals surface area contributed by atoms with Gasteiger partial charge in [0.25, 0.3) is 0 Å². The zero-order valence-electron chi connectivity index (χ0n) is 20.1. The van der Waals surface area contributed by atoms with E-state index in [0.717, 1.165) is 33.4 Å². The van der Waals surface area contributed by atoms with Crippen LogP contribution in [-0.4, -0.2) is 47.8 Å². The van der Waals surface area contributed by atoms with Crippen LogP contribution < -0.4 is 28.4 Å². The van der Waals surface area contributed by atoms with Crippen molar-refractivity contribution >= 4 is 0 Å². The van der Waals surface area contributed by atoms with Gasteiger partial charge >= 0.3 is 0 Å². The molecule has 0 unspecified atom stereocenters. The SMILES string of the molecule is COc1cc2c(cc1OC)C1c3cc(OC)c(OC)cc3C(O)(C2)c2cc(OC)c(OC)cc21. The first-order chi connectivity index (χ1) is 16.4. The molecule has 7 heteroatoms. The van der Waals surface area contributed by atoms with Gasteiger partial charge in [-0.25, -0.2) is 0 Å². The monoisotopic (exact) mass is 464 g/mol. The third-order valence-corrected chi connectivity index (χ3v) is 7.03. The van der Waals surface area contributed by atoms with Crippen molar-refractivity contribution in [3.05, 3.63) is 69.8 Å². The van der Waals surface area contributed by atoms with Crippen LogP contribution in [0.2, 0.25) is 0 Å². The van der Waals surface area contributed by atoms with Crippen LogP contribution in [0.4, 0.5) is 0 Å². The first kappa shape index (κ1) is 22.2. The fourth-order valence-electron chi connectivity index (χ4n) is 5.46. The second kappa shape index (κ2) is 8.02. The van der Waals surface area contributed by atoms with Gasteiger partial charge in [0.1, 0.15) is 5.60 Å². The lowest BCUT2D eigenvalue weighted by Gasteiger charge is -2.38. The van der Waals surface area contributed by atoms with Crippen LogP contribution >= 0.6 is 0 Å². The average Bonchev–Trinajstić information content (AvgIpc) is 3.04. The molecule has 3 aromatic rings. The van der Waals surface area contributed by atoms with E-state index in [1.165, 1.54) is 0 Å². The maximum Gasteiger partial charge on any atom is 0.161 e. The van der Waals surface area contributed by atoms with Gasteiger partial charge in [0.2, 0.25) is 0 Å². The molecule has 1 N–H and O–H groups in total. The quantitative estimate of drug-likeness (QED) is 0.590. The zero-order valence-corrected chi connectivity index (χ0v) is 20.1. The van der Waals surface area contributed by atoms with Crippen molar-refractivity contribution in [1.29, 1.82) is 0 Å². The normalized spacial score (nSPS) is 19.3. The van der Waals surface area contributed by atoms with Gasteiger partial charge in [-0.3, -0.25) is 0 Å². The van der Waals surface area contributed by atoms with Gasteiger partial charge < -0.3 is 33.5 Å². The Balaban J connectivity index is 1.91. The molecular weight excluding hydrogens is 436 g/mol. The summed E-state index contributed by atoms with van der Waals surface area (Å²) < 4.78 is 33.7. The molecule has 0 radical (unpaired) electrons. The van der Waals surface area contributed by atoms with Crippen LogP contribution in [0.25, 0.3) is 0 Å². The lowest BCUT2D eigenvalue weighted by atomic mass is 9.70. The van der Waals surface area contributed by atoms with Crippen molar-refractivity contribution < 1.29 is 33.5 Å². The van der Waals surface area contributed by atoms with Gasteiger partial charge in [0, 0.05) is 12.3 Å². The molecular formula is C27H28O7. The molecule has 0 fully saturated rings. The number of methoxy groups -OCH3 is 6. The average molecular weight is 465 g/mol. The van der Waals surface area contributed by atoms with Crippen molar-refractivity contribution in [2.24, 2.45) is 0 Å². The topological polar surface area (TPSA) is 75.6 Å². The summed E-state index contributed by atoms with van der Waals surface area (Å²) in [4.78, 5) is 0. The first-order valence-corrected chi connectivity index (χ1v) is 10.9. The molecule has 0 amide bonds. The summed E-state index contributed by atoms with van der Waals surface area (Å²) in [7, 11) is 9.63. The van der Waals surface area contributed by atoms with Crippen LogP contribution in [0.5, 0.6) is 34.5 Å². The third-order valence-electron chi connectivity index (χ3n) is 7.03. The van der Waals surface area contributed by atoms with Crippen molar-refractivity contribution in [3.8, 4) is 34.5 Å². The van der Waals surface area contributed by atoms with Gasteiger partial charge in [-0.15, -0.1) is 0 Å². The molecule has 0 aromatic heterocycles. The Morgan fingerprint density at radius 3 is 1.32 bits per heavy atom. The molecule has 3 aliphatic rings. The standard InChI is InChI=1S/C27H28O7/c1-29-20-7-14-13-27(28)18-11-24(33-5)22(31-3)9-16(18)26(15(14)8-21(20)30-2)17-10-23(32-4)25(34-6)12-19(17)27/h7-12,26,28H,13H2,1-6H3. The van der Waals surface area contributed by atoms with E-state index in [0.29, 0.717) is 40.9 Å². The summed E-state index contributed by atoms with van der Waals surface area (Å²) in [6.07, 6.45) is 0.337. The molecule has 0 spiro atoms. The fourth-order valence-corrected chi connectivity index (χ4v) is 5.46. The van der Waals surface area contributed by atoms with E-state index in [-0.39, 0.29) is 5.92 Å². The Labute approximate surface area is 198 Å². The number of aliphatic hydroxyl groups is 1. The second-order valence-corrected chi connectivity index (χ2v) is 8.46. The van der Waals surface area contributed by atoms with Crippen molar-refractivity contribution in [2.45, 2.75) is 17.9 Å². The minimum atomic E-state index is -1.34. The highest BCUT2D eigenvalue weighted by atomic mass is 16.5. The maximum atomic E-state index is 12.4. The first-order valence-electron chi connectivity index (χ1n) is 10.9. The molecule has 0 saturated carbocycles. The molecule has 3 aliphatic carbocycles. The summed E-state index contributed by atoms with van der Waals surface area (Å²) in [5.41, 5.74) is 4.05. The molecule has 0 saturated heterocycles. The largest absolute Gasteiger partial charge is 0.493 e. The molecule has 6 rings (SSSR count). The molecule has 7 nitrogen and oxygen atoms in total. The van der Waals surface area contributed by atoms with E-state index in [9.17, 15) is 5.11 Å². The van der Waals surface area contributed by atoms with Crippen molar-refractivity contribution in [2.75, 3.05) is 42.7 Å². The molecule has 178 valence electrons. The van der Waals surface area contributed by atoms with Gasteiger partial charge in [0.05, 0.1) is 42.7 Å². The highest BCUT2D eigenvalue weighted by Crippen LogP contribution is 2.58. The summed E-state index contributed by atoms with van der Waals surface area (Å²) in [5.74, 6) is 3.35. The minimum Gasteiger partial charge on any atom is -0.493 e. The predicted molar refractivity (Wildman–Crippen MR) is 126 cm³/mol. The van der Waals surface area contributed by atoms with Crippen LogP contribution in [0, 0.1) is 0 Å². The highest BCUT2D eigenvalue weighted by molar-refractivity contribution is 5.70. The van der Waals surface area contributed by atoms with E-state index in [1.54, 1.807) is 42.7 Å². The fraction of sp³-hybridized carbons (Fsp3) is 0.333. The van der Waals surface area contributed by atoms with Gasteiger partial charge in [-0.1, -0.05) is 0 Å². The number of ether oxygens (including phenoxy) is 6. The molecule has 0 atom stereocenters. The van der Waals surface area contributed by atoms with E-state index in [4.69, 9.17) is 28.4 Å². The van der Waals surface area contributed by atoms with Gasteiger partial charge in [-0.2, -0.15) is 0 Å². The van der Waals surface area contributed by atoms with Crippen molar-refractivity contribution in [3.63, 3.8) is 0 Å². The third kappa shape index (κ3) is 2.93. The number of benzene rings is 3. The highest BCUT2D eigenvalue weighted by Gasteiger charge is 2.48. The maximum absolute atomic E-state index is 12.4. The Bertz CT molecular complexity index is 1220. The van der Waals surface area contributed by atoms with E-state index >= 15 is 0 Å². The Kier molecular flexibility index (Phi) is 5.24. The Morgan fingerprint density at radius 2 is 0.912 bits per heavy atom. The number of hydrogen-bond acceptors (Lipinski definition) is 7. The lowest BCUT2D eigenvalue weighted by molar-refractivity contribution is 0.0778. The van der Waals surface area contributed by atoms with Crippen LogP contribution in [0.3, 0.4) is 0 Å². The van der Waals surface area contributed by atoms with Crippen LogP contribution in [0.15, 0.2) is 36.4 Å². The minimum absolute atomic E-state index is 0.206. The number of rotatable bonds is 6. The van der Waals surface area contributed by atoms with Crippen LogP contribution in [0.1, 0.15) is 39.3 Å². The lowest BCUT2D eigenvalue weighted by Crippen LogP contribution is -2.34. The second-order valence-electron chi connectivity index (χ2n) is 8.46. The summed E-state index contributed by atoms with van der Waals surface area (Å²) >= 11 is 0. The summed E-state index contributed by atoms with van der Waals surface area (Å²) in [6.45, 7) is 0. The van der Waals surface area contributed by atoms with Crippen LogP contribution in [-0.2, 0) is 12.0 Å². The van der Waals surface area contributed by atoms with E-state index in [2.05, 4.69) is 0 Å². The summed E-state index contributed by atoms with van der Waals surface area (Å²) in [6, 6.07) is 11.6. The predicted octanol–water partition coefficient (Wildman–Crippen LogP) is 4.02. The Morgan fingerprint density at radius 1 is 0.559 bits per heavy atom. The van der Waals surface area contributed by atoms with E-state index < -0.39 is 5.60 Å². The van der Waals surface area contributed by atoms with E-state index in [1.807, 2.05) is 36.4 Å². The zero-order chi connectivity index (χ0) is 24.2. The number of hydrogen-bond donors (Lipinski definition) is 1. The molecule has 3 aromatic carbocycles. The van der Waals surface area contributed by atoms with Gasteiger partial charge in [0.15, 0.2) is 34.5 Å².